The van der Waals surface area contributed by atoms with E-state index in [0.29, 0.717) is 18.8 Å². The van der Waals surface area contributed by atoms with E-state index in [-0.39, 0.29) is 5.91 Å². The van der Waals surface area contributed by atoms with E-state index >= 15 is 0 Å². The molecule has 0 saturated carbocycles. The largest absolute Gasteiger partial charge is 0.338 e. The number of hydrogen-bond donors (Lipinski definition) is 1. The lowest BCUT2D eigenvalue weighted by Crippen LogP contribution is -2.49. The van der Waals surface area contributed by atoms with Gasteiger partial charge in [-0.15, -0.1) is 10.2 Å². The van der Waals surface area contributed by atoms with Crippen LogP contribution in [0.5, 0.6) is 0 Å². The van der Waals surface area contributed by atoms with Crippen molar-refractivity contribution in [2.45, 2.75) is 18.2 Å². The molecule has 0 aliphatic carbocycles. The van der Waals surface area contributed by atoms with Gasteiger partial charge in [-0.2, -0.15) is 0 Å². The van der Waals surface area contributed by atoms with Gasteiger partial charge >= 0.3 is 0 Å². The Hall–Kier alpha value is -2.72. The van der Waals surface area contributed by atoms with Gasteiger partial charge in [-0.3, -0.25) is 4.79 Å². The molecule has 4 rings (SSSR count). The minimum atomic E-state index is 0.118. The van der Waals surface area contributed by atoms with Crippen LogP contribution in [0.3, 0.4) is 0 Å². The number of piperazine rings is 1. The molecule has 0 atom stereocenters. The number of thioether (sulfide) groups is 1. The van der Waals surface area contributed by atoms with Gasteiger partial charge in [-0.05, 0) is 43.2 Å². The van der Waals surface area contributed by atoms with Crippen LogP contribution < -0.4 is 10.2 Å². The minimum absolute atomic E-state index is 0.118. The number of carbonyl (C=O) groups excluding carboxylic acids is 1. The molecule has 10 heteroatoms. The van der Waals surface area contributed by atoms with Gasteiger partial charge in [0, 0.05) is 44.3 Å². The topological polar surface area (TPSA) is 87.1 Å². The molecule has 0 spiro atoms. The molecule has 0 bridgehead atoms. The second-order valence-electron chi connectivity index (χ2n) is 7.00. The maximum absolute atomic E-state index is 12.6. The Labute approximate surface area is 183 Å². The Balaban J connectivity index is 1.25. The first-order valence-corrected chi connectivity index (χ1v) is 11.5. The number of carbonyl (C=O) groups is 1. The average molecular weight is 442 g/mol. The number of nitrogens with zero attached hydrogens (tertiary/aromatic N) is 6. The van der Waals surface area contributed by atoms with Gasteiger partial charge < -0.3 is 15.1 Å². The third-order valence-corrected chi connectivity index (χ3v) is 6.91. The van der Waals surface area contributed by atoms with Gasteiger partial charge in [-0.25, -0.2) is 9.97 Å². The second-order valence-corrected chi connectivity index (χ2v) is 9.20. The molecule has 1 aliphatic heterocycles. The lowest BCUT2D eigenvalue weighted by atomic mass is 10.1. The quantitative estimate of drug-likeness (QED) is 0.584. The fourth-order valence-corrected chi connectivity index (χ4v) is 4.76. The lowest BCUT2D eigenvalue weighted by Gasteiger charge is -2.34. The highest BCUT2D eigenvalue weighted by Crippen LogP contribution is 2.28. The van der Waals surface area contributed by atoms with Gasteiger partial charge in [0.2, 0.25) is 17.0 Å². The van der Waals surface area contributed by atoms with Crippen LogP contribution in [0.4, 0.5) is 16.8 Å². The predicted octanol–water partition coefficient (Wildman–Crippen LogP) is 3.13. The monoisotopic (exact) mass is 441 g/mol. The van der Waals surface area contributed by atoms with Gasteiger partial charge in [-0.1, -0.05) is 29.2 Å². The molecule has 1 aliphatic rings. The fourth-order valence-electron chi connectivity index (χ4n) is 3.09. The number of nitrogens with one attached hydrogen (secondary N) is 1. The number of rotatable bonds is 6. The molecule has 0 radical (unpaired) electrons. The van der Waals surface area contributed by atoms with Crippen molar-refractivity contribution in [3.05, 3.63) is 47.8 Å². The van der Waals surface area contributed by atoms with E-state index in [1.165, 1.54) is 34.2 Å². The van der Waals surface area contributed by atoms with Crippen molar-refractivity contribution in [2.75, 3.05) is 42.1 Å². The molecule has 1 amide bonds. The first-order valence-electron chi connectivity index (χ1n) is 9.69. The average Bonchev–Trinajstić information content (AvgIpc) is 3.22. The number of anilines is 3. The molecule has 30 heavy (non-hydrogen) atoms. The summed E-state index contributed by atoms with van der Waals surface area (Å²) < 4.78 is 0.783. The van der Waals surface area contributed by atoms with E-state index < -0.39 is 0 Å². The number of aromatic nitrogens is 4. The number of benzene rings is 1. The van der Waals surface area contributed by atoms with Crippen LogP contribution in [0.15, 0.2) is 41.0 Å². The number of aryl methyl sites for hydroxylation is 2. The standard InChI is InChI=1S/C20H23N7OS2/c1-14-4-5-16(12-15(14)2)23-19-24-25-20(30-19)29-13-17(28)26-8-10-27(11-9-26)18-21-6-3-7-22-18/h3-7,12H,8-11,13H2,1-2H3,(H,23,24). The third kappa shape index (κ3) is 5.06. The summed E-state index contributed by atoms with van der Waals surface area (Å²) in [5.41, 5.74) is 3.47. The summed E-state index contributed by atoms with van der Waals surface area (Å²) in [6.07, 6.45) is 3.48. The number of amides is 1. The maximum atomic E-state index is 12.6. The summed E-state index contributed by atoms with van der Waals surface area (Å²) in [4.78, 5) is 25.1. The Kier molecular flexibility index (Phi) is 6.44. The Morgan fingerprint density at radius 2 is 1.87 bits per heavy atom. The molecule has 1 fully saturated rings. The van der Waals surface area contributed by atoms with Crippen molar-refractivity contribution < 1.29 is 4.79 Å². The Bertz CT molecular complexity index is 1000. The van der Waals surface area contributed by atoms with Crippen molar-refractivity contribution in [2.24, 2.45) is 0 Å². The summed E-state index contributed by atoms with van der Waals surface area (Å²) in [6, 6.07) is 8.00. The summed E-state index contributed by atoms with van der Waals surface area (Å²) in [5, 5.41) is 12.4. The zero-order chi connectivity index (χ0) is 20.9. The molecule has 1 aromatic carbocycles. The highest BCUT2D eigenvalue weighted by Gasteiger charge is 2.22. The first kappa shape index (κ1) is 20.5. The molecule has 1 saturated heterocycles. The summed E-state index contributed by atoms with van der Waals surface area (Å²) in [5.74, 6) is 1.20. The van der Waals surface area contributed by atoms with E-state index in [0.717, 1.165) is 34.2 Å². The van der Waals surface area contributed by atoms with Crippen molar-refractivity contribution in [1.82, 2.24) is 25.1 Å². The van der Waals surface area contributed by atoms with Crippen LogP contribution in [0, 0.1) is 13.8 Å². The molecule has 8 nitrogen and oxygen atoms in total. The second kappa shape index (κ2) is 9.40. The first-order chi connectivity index (χ1) is 14.6. The third-order valence-electron chi connectivity index (χ3n) is 4.95. The lowest BCUT2D eigenvalue weighted by molar-refractivity contribution is -0.128. The van der Waals surface area contributed by atoms with Crippen molar-refractivity contribution in [3.8, 4) is 0 Å². The van der Waals surface area contributed by atoms with E-state index in [1.54, 1.807) is 18.5 Å². The predicted molar refractivity (Wildman–Crippen MR) is 121 cm³/mol. The van der Waals surface area contributed by atoms with Crippen LogP contribution in [0.25, 0.3) is 0 Å². The number of hydrogen-bond acceptors (Lipinski definition) is 9. The molecular weight excluding hydrogens is 418 g/mol. The maximum Gasteiger partial charge on any atom is 0.233 e. The smallest absolute Gasteiger partial charge is 0.233 e. The molecule has 3 aromatic rings. The normalized spacial score (nSPS) is 14.1. The van der Waals surface area contributed by atoms with Crippen molar-refractivity contribution >= 4 is 45.8 Å². The van der Waals surface area contributed by atoms with Crippen LogP contribution in [-0.2, 0) is 4.79 Å². The SMILES string of the molecule is Cc1ccc(Nc2nnc(SCC(=O)N3CCN(c4ncccn4)CC3)s2)cc1C. The Morgan fingerprint density at radius 3 is 2.60 bits per heavy atom. The van der Waals surface area contributed by atoms with Crippen molar-refractivity contribution in [1.29, 1.82) is 0 Å². The van der Waals surface area contributed by atoms with Gasteiger partial charge in [0.05, 0.1) is 5.75 Å². The molecular formula is C20H23N7OS2. The molecule has 156 valence electrons. The zero-order valence-electron chi connectivity index (χ0n) is 16.9. The van der Waals surface area contributed by atoms with E-state index in [9.17, 15) is 4.79 Å². The van der Waals surface area contributed by atoms with Crippen LogP contribution >= 0.6 is 23.1 Å². The summed E-state index contributed by atoms with van der Waals surface area (Å²) >= 11 is 2.89. The van der Waals surface area contributed by atoms with Crippen LogP contribution in [-0.4, -0.2) is 62.9 Å². The Morgan fingerprint density at radius 1 is 1.10 bits per heavy atom. The summed E-state index contributed by atoms with van der Waals surface area (Å²) in [6.45, 7) is 7.00. The van der Waals surface area contributed by atoms with E-state index in [1.807, 2.05) is 11.0 Å². The molecule has 0 unspecified atom stereocenters. The molecule has 1 N–H and O–H groups in total. The zero-order valence-corrected chi connectivity index (χ0v) is 18.5. The molecule has 2 aromatic heterocycles. The van der Waals surface area contributed by atoms with Gasteiger partial charge in [0.25, 0.3) is 0 Å². The highest BCUT2D eigenvalue weighted by molar-refractivity contribution is 8.01. The van der Waals surface area contributed by atoms with E-state index in [4.69, 9.17) is 0 Å². The van der Waals surface area contributed by atoms with Crippen LogP contribution in [0.1, 0.15) is 11.1 Å². The van der Waals surface area contributed by atoms with Crippen LogP contribution in [0.2, 0.25) is 0 Å². The fraction of sp³-hybridized carbons (Fsp3) is 0.350. The van der Waals surface area contributed by atoms with Gasteiger partial charge in [0.15, 0.2) is 4.34 Å². The molecule has 3 heterocycles. The van der Waals surface area contributed by atoms with Crippen molar-refractivity contribution in [3.63, 3.8) is 0 Å². The highest BCUT2D eigenvalue weighted by atomic mass is 32.2. The van der Waals surface area contributed by atoms with Gasteiger partial charge in [0.1, 0.15) is 0 Å². The van der Waals surface area contributed by atoms with E-state index in [2.05, 4.69) is 56.4 Å². The summed E-state index contributed by atoms with van der Waals surface area (Å²) in [7, 11) is 0. The minimum Gasteiger partial charge on any atom is -0.338 e.